The van der Waals surface area contributed by atoms with E-state index < -0.39 is 0 Å². The maximum atomic E-state index is 12.9. The smallest absolute Gasteiger partial charge is 0.266 e. The maximum Gasteiger partial charge on any atom is 0.266 e. The number of methoxy groups -OCH3 is 2. The van der Waals surface area contributed by atoms with E-state index in [9.17, 15) is 4.79 Å². The topological polar surface area (TPSA) is 56.1 Å². The molecule has 1 aliphatic heterocycles. The van der Waals surface area contributed by atoms with Gasteiger partial charge in [-0.3, -0.25) is 9.69 Å². The molecule has 2 aromatic rings. The highest BCUT2D eigenvalue weighted by Gasteiger charge is 2.32. The number of aryl methyl sites for hydroxylation is 1. The van der Waals surface area contributed by atoms with Crippen LogP contribution in [0.4, 0.5) is 5.69 Å². The van der Waals surface area contributed by atoms with Gasteiger partial charge in [-0.1, -0.05) is 0 Å². The van der Waals surface area contributed by atoms with Crippen LogP contribution in [0.3, 0.4) is 0 Å². The molecule has 6 nitrogen and oxygen atoms in total. The number of aliphatic imine (C=N–C) groups is 1. The van der Waals surface area contributed by atoms with Gasteiger partial charge in [0.05, 0.1) is 24.3 Å². The molecule has 154 valence electrons. The van der Waals surface area contributed by atoms with Crippen LogP contribution < -0.4 is 4.74 Å². The average molecular weight is 414 g/mol. The molecule has 0 unspecified atom stereocenters. The van der Waals surface area contributed by atoms with Crippen molar-refractivity contribution in [1.82, 2.24) is 9.47 Å². The summed E-state index contributed by atoms with van der Waals surface area (Å²) in [6.07, 6.45) is 1.97. The lowest BCUT2D eigenvalue weighted by Gasteiger charge is -2.12. The second kappa shape index (κ2) is 9.33. The molecular weight excluding hydrogens is 386 g/mol. The summed E-state index contributed by atoms with van der Waals surface area (Å²) in [6.45, 7) is 8.13. The molecule has 29 heavy (non-hydrogen) atoms. The number of rotatable bonds is 7. The van der Waals surface area contributed by atoms with Crippen molar-refractivity contribution in [3.8, 4) is 5.75 Å². The van der Waals surface area contributed by atoms with Crippen LogP contribution >= 0.6 is 11.8 Å². The van der Waals surface area contributed by atoms with Gasteiger partial charge < -0.3 is 14.0 Å². The summed E-state index contributed by atoms with van der Waals surface area (Å²) in [5.41, 5.74) is 4.13. The highest BCUT2D eigenvalue weighted by molar-refractivity contribution is 8.18. The normalized spacial score (nSPS) is 17.0. The van der Waals surface area contributed by atoms with Crippen molar-refractivity contribution in [1.29, 1.82) is 0 Å². The van der Waals surface area contributed by atoms with E-state index in [-0.39, 0.29) is 5.91 Å². The molecule has 0 radical (unpaired) electrons. The molecule has 0 atom stereocenters. The Kier molecular flexibility index (Phi) is 6.82. The molecule has 0 N–H and O–H groups in total. The fraction of sp³-hybridized carbons (Fsp3) is 0.364. The second-order valence-electron chi connectivity index (χ2n) is 6.72. The van der Waals surface area contributed by atoms with Crippen LogP contribution in [-0.2, 0) is 16.1 Å². The number of amidine groups is 1. The van der Waals surface area contributed by atoms with Crippen LogP contribution in [0.2, 0.25) is 0 Å². The number of hydrogen-bond donors (Lipinski definition) is 0. The zero-order valence-electron chi connectivity index (χ0n) is 17.6. The Morgan fingerprint density at radius 3 is 2.52 bits per heavy atom. The Labute approximate surface area is 176 Å². The first-order valence-electron chi connectivity index (χ1n) is 9.58. The molecule has 0 saturated carbocycles. The van der Waals surface area contributed by atoms with Crippen molar-refractivity contribution in [3.63, 3.8) is 0 Å². The van der Waals surface area contributed by atoms with E-state index >= 15 is 0 Å². The largest absolute Gasteiger partial charge is 0.497 e. The SMILES string of the molecule is CCN1C(=O)/C(=C\c2cc(C)n(CCOC)c2C)SC1=Nc1ccc(OC)cc1. The van der Waals surface area contributed by atoms with Crippen molar-refractivity contribution >= 4 is 34.6 Å². The second-order valence-corrected chi connectivity index (χ2v) is 7.73. The summed E-state index contributed by atoms with van der Waals surface area (Å²) in [6, 6.07) is 9.61. The zero-order valence-corrected chi connectivity index (χ0v) is 18.4. The number of likely N-dealkylation sites (N-methyl/N-ethyl adjacent to an activating group) is 1. The number of hydrogen-bond acceptors (Lipinski definition) is 5. The third-order valence-corrected chi connectivity index (χ3v) is 5.93. The van der Waals surface area contributed by atoms with E-state index in [1.54, 1.807) is 19.1 Å². The van der Waals surface area contributed by atoms with Crippen molar-refractivity contribution in [3.05, 3.63) is 52.2 Å². The maximum absolute atomic E-state index is 12.9. The molecule has 1 fully saturated rings. The van der Waals surface area contributed by atoms with Gasteiger partial charge in [-0.25, -0.2) is 4.99 Å². The van der Waals surface area contributed by atoms with E-state index in [0.717, 1.165) is 34.9 Å². The number of carbonyl (C=O) groups excluding carboxylic acids is 1. The number of aromatic nitrogens is 1. The van der Waals surface area contributed by atoms with Gasteiger partial charge in [-0.15, -0.1) is 0 Å². The first-order chi connectivity index (χ1) is 14.0. The minimum Gasteiger partial charge on any atom is -0.497 e. The van der Waals surface area contributed by atoms with Crippen molar-refractivity contribution in [2.75, 3.05) is 27.4 Å². The van der Waals surface area contributed by atoms with Gasteiger partial charge in [-0.05, 0) is 74.5 Å². The lowest BCUT2D eigenvalue weighted by molar-refractivity contribution is -0.122. The number of carbonyl (C=O) groups is 1. The summed E-state index contributed by atoms with van der Waals surface area (Å²) in [4.78, 5) is 20.0. The Hall–Kier alpha value is -2.51. The fourth-order valence-electron chi connectivity index (χ4n) is 3.28. The predicted molar refractivity (Wildman–Crippen MR) is 119 cm³/mol. The van der Waals surface area contributed by atoms with E-state index in [0.29, 0.717) is 23.2 Å². The molecule has 0 spiro atoms. The molecule has 3 rings (SSSR count). The van der Waals surface area contributed by atoms with Crippen molar-refractivity contribution < 1.29 is 14.3 Å². The third-order valence-electron chi connectivity index (χ3n) is 4.92. The standard InChI is InChI=1S/C22H27N3O3S/c1-6-24-21(26)20(14-17-13-15(2)25(16(17)3)11-12-27-4)29-22(24)23-18-7-9-19(28-5)10-8-18/h7-10,13-14H,6,11-12H2,1-5H3/b20-14+,23-22?. The summed E-state index contributed by atoms with van der Waals surface area (Å²) >= 11 is 1.42. The molecule has 1 saturated heterocycles. The van der Waals surface area contributed by atoms with Gasteiger partial charge >= 0.3 is 0 Å². The molecule has 2 heterocycles. The van der Waals surface area contributed by atoms with Crippen LogP contribution in [0.5, 0.6) is 5.75 Å². The van der Waals surface area contributed by atoms with Gasteiger partial charge in [0.2, 0.25) is 0 Å². The molecule has 0 aliphatic carbocycles. The summed E-state index contributed by atoms with van der Waals surface area (Å²) in [5, 5.41) is 0.696. The monoisotopic (exact) mass is 413 g/mol. The van der Waals surface area contributed by atoms with Crippen LogP contribution in [0, 0.1) is 13.8 Å². The Morgan fingerprint density at radius 1 is 1.17 bits per heavy atom. The van der Waals surface area contributed by atoms with Gasteiger partial charge in [-0.2, -0.15) is 0 Å². The van der Waals surface area contributed by atoms with Crippen LogP contribution in [0.1, 0.15) is 23.9 Å². The van der Waals surface area contributed by atoms with Crippen LogP contribution in [-0.4, -0.2) is 47.9 Å². The highest BCUT2D eigenvalue weighted by Crippen LogP contribution is 2.35. The quantitative estimate of drug-likeness (QED) is 0.632. The Morgan fingerprint density at radius 2 is 1.90 bits per heavy atom. The molecule has 7 heteroatoms. The number of thioether (sulfide) groups is 1. The van der Waals surface area contributed by atoms with Gasteiger partial charge in [0.1, 0.15) is 5.75 Å². The molecule has 1 amide bonds. The number of nitrogens with zero attached hydrogens (tertiary/aromatic N) is 3. The number of amides is 1. The van der Waals surface area contributed by atoms with Gasteiger partial charge in [0.15, 0.2) is 5.17 Å². The molecular formula is C22H27N3O3S. The lowest BCUT2D eigenvalue weighted by Crippen LogP contribution is -2.28. The molecule has 1 aromatic carbocycles. The summed E-state index contributed by atoms with van der Waals surface area (Å²) in [5.74, 6) is 0.771. The van der Waals surface area contributed by atoms with E-state index in [1.807, 2.05) is 37.3 Å². The lowest BCUT2D eigenvalue weighted by atomic mass is 10.2. The minimum atomic E-state index is -0.00791. The van der Waals surface area contributed by atoms with Crippen molar-refractivity contribution in [2.24, 2.45) is 4.99 Å². The van der Waals surface area contributed by atoms with Crippen LogP contribution in [0.25, 0.3) is 6.08 Å². The molecule has 1 aromatic heterocycles. The van der Waals surface area contributed by atoms with Gasteiger partial charge in [0.25, 0.3) is 5.91 Å². The minimum absolute atomic E-state index is 0.00791. The Balaban J connectivity index is 1.89. The Bertz CT molecular complexity index is 945. The first kappa shape index (κ1) is 21.2. The van der Waals surface area contributed by atoms with E-state index in [2.05, 4.69) is 29.5 Å². The first-order valence-corrected chi connectivity index (χ1v) is 10.4. The van der Waals surface area contributed by atoms with Crippen LogP contribution in [0.15, 0.2) is 40.2 Å². The molecule has 0 bridgehead atoms. The summed E-state index contributed by atoms with van der Waals surface area (Å²) in [7, 11) is 3.34. The highest BCUT2D eigenvalue weighted by atomic mass is 32.2. The predicted octanol–water partition coefficient (Wildman–Crippen LogP) is 4.38. The third kappa shape index (κ3) is 4.57. The van der Waals surface area contributed by atoms with E-state index in [1.165, 1.54) is 11.8 Å². The fourth-order valence-corrected chi connectivity index (χ4v) is 4.33. The number of benzene rings is 1. The summed E-state index contributed by atoms with van der Waals surface area (Å²) < 4.78 is 12.6. The molecule has 1 aliphatic rings. The van der Waals surface area contributed by atoms with E-state index in [4.69, 9.17) is 9.47 Å². The van der Waals surface area contributed by atoms with Gasteiger partial charge in [0, 0.05) is 31.6 Å². The number of ether oxygens (including phenoxy) is 2. The zero-order chi connectivity index (χ0) is 21.0. The average Bonchev–Trinajstić information content (AvgIpc) is 3.16. The van der Waals surface area contributed by atoms with Crippen molar-refractivity contribution in [2.45, 2.75) is 27.3 Å².